The highest BCUT2D eigenvalue weighted by Gasteiger charge is 2.30. The minimum atomic E-state index is -0.160. The van der Waals surface area contributed by atoms with E-state index in [-0.39, 0.29) is 18.0 Å². The minimum absolute atomic E-state index is 0.0470. The number of carbonyl (C=O) groups is 1. The molecule has 29 heavy (non-hydrogen) atoms. The zero-order valence-electron chi connectivity index (χ0n) is 16.4. The molecule has 3 aromatic rings. The third-order valence-corrected chi connectivity index (χ3v) is 5.82. The Balaban J connectivity index is 1.40. The van der Waals surface area contributed by atoms with Gasteiger partial charge in [-0.2, -0.15) is 0 Å². The van der Waals surface area contributed by atoms with Crippen LogP contribution in [0.4, 0.5) is 11.6 Å². The molecule has 3 heterocycles. The molecule has 5 rings (SSSR count). The van der Waals surface area contributed by atoms with Gasteiger partial charge < -0.3 is 9.80 Å². The Morgan fingerprint density at radius 2 is 1.66 bits per heavy atom. The molecule has 2 aliphatic rings. The van der Waals surface area contributed by atoms with Crippen molar-refractivity contribution < 1.29 is 4.79 Å². The van der Waals surface area contributed by atoms with Gasteiger partial charge in [-0.3, -0.25) is 19.1 Å². The van der Waals surface area contributed by atoms with Crippen molar-refractivity contribution in [2.24, 2.45) is 0 Å². The summed E-state index contributed by atoms with van der Waals surface area (Å²) in [6.07, 6.45) is 0. The number of hydrogen-bond acceptors (Lipinski definition) is 5. The molecule has 1 aromatic heterocycles. The molecule has 1 saturated heterocycles. The monoisotopic (exact) mass is 389 g/mol. The molecule has 0 N–H and O–H groups in total. The number of aromatic nitrogens is 2. The van der Waals surface area contributed by atoms with Crippen LogP contribution in [-0.4, -0.2) is 53.6 Å². The standard InChI is InChI=1S/C22H23N5O2/c1-24-10-12-25(13-11-24)17-8-6-16(7-9-17)14-26-20(28)15-27-21(29)18-4-2-3-5-19(18)23-22(26)27/h2-9H,10-15H2,1H3. The van der Waals surface area contributed by atoms with Gasteiger partial charge in [-0.1, -0.05) is 24.3 Å². The average molecular weight is 389 g/mol. The van der Waals surface area contributed by atoms with Gasteiger partial charge in [0.05, 0.1) is 17.4 Å². The summed E-state index contributed by atoms with van der Waals surface area (Å²) in [6, 6.07) is 15.6. The Bertz CT molecular complexity index is 1130. The molecule has 1 fully saturated rings. The molecule has 7 nitrogen and oxygen atoms in total. The number of anilines is 2. The van der Waals surface area contributed by atoms with Crippen molar-refractivity contribution in [3.8, 4) is 0 Å². The van der Waals surface area contributed by atoms with Crippen molar-refractivity contribution in [1.29, 1.82) is 0 Å². The highest BCUT2D eigenvalue weighted by molar-refractivity contribution is 5.96. The van der Waals surface area contributed by atoms with Crippen LogP contribution >= 0.6 is 0 Å². The number of amides is 1. The minimum Gasteiger partial charge on any atom is -0.369 e. The molecule has 148 valence electrons. The third kappa shape index (κ3) is 3.17. The first kappa shape index (κ1) is 17.9. The lowest BCUT2D eigenvalue weighted by molar-refractivity contribution is -0.118. The fraction of sp³-hybridized carbons (Fsp3) is 0.318. The largest absolute Gasteiger partial charge is 0.369 e. The highest BCUT2D eigenvalue weighted by atomic mass is 16.2. The van der Waals surface area contributed by atoms with E-state index in [9.17, 15) is 9.59 Å². The van der Waals surface area contributed by atoms with Gasteiger partial charge in [-0.05, 0) is 36.9 Å². The molecule has 1 amide bonds. The molecule has 0 spiro atoms. The van der Waals surface area contributed by atoms with E-state index in [0.717, 1.165) is 31.7 Å². The van der Waals surface area contributed by atoms with Gasteiger partial charge in [0, 0.05) is 31.9 Å². The fourth-order valence-electron chi connectivity index (χ4n) is 4.06. The highest BCUT2D eigenvalue weighted by Crippen LogP contribution is 2.24. The molecule has 2 aromatic carbocycles. The molecule has 0 radical (unpaired) electrons. The van der Waals surface area contributed by atoms with Crippen LogP contribution in [0.15, 0.2) is 53.3 Å². The summed E-state index contributed by atoms with van der Waals surface area (Å²) in [5, 5.41) is 0.544. The summed E-state index contributed by atoms with van der Waals surface area (Å²) in [6.45, 7) is 4.63. The van der Waals surface area contributed by atoms with E-state index in [0.29, 0.717) is 23.4 Å². The van der Waals surface area contributed by atoms with Gasteiger partial charge in [0.1, 0.15) is 6.54 Å². The topological polar surface area (TPSA) is 61.7 Å². The van der Waals surface area contributed by atoms with Crippen LogP contribution < -0.4 is 15.4 Å². The fourth-order valence-corrected chi connectivity index (χ4v) is 4.06. The van der Waals surface area contributed by atoms with Gasteiger partial charge in [-0.25, -0.2) is 4.98 Å². The molecule has 0 saturated carbocycles. The van der Waals surface area contributed by atoms with E-state index in [1.807, 2.05) is 18.2 Å². The number of piperazine rings is 1. The van der Waals surface area contributed by atoms with Crippen LogP contribution in [0, 0.1) is 0 Å². The maximum Gasteiger partial charge on any atom is 0.263 e. The normalized spacial score (nSPS) is 17.2. The predicted molar refractivity (Wildman–Crippen MR) is 113 cm³/mol. The molecule has 7 heteroatoms. The number of para-hydroxylation sites is 1. The molecule has 0 bridgehead atoms. The molecule has 0 atom stereocenters. The first-order valence-corrected chi connectivity index (χ1v) is 9.92. The third-order valence-electron chi connectivity index (χ3n) is 5.82. The van der Waals surface area contributed by atoms with Crippen LogP contribution in [0.25, 0.3) is 10.9 Å². The zero-order chi connectivity index (χ0) is 20.0. The average Bonchev–Trinajstić information content (AvgIpc) is 3.05. The molecular formula is C22H23N5O2. The van der Waals surface area contributed by atoms with Crippen molar-refractivity contribution in [2.75, 3.05) is 43.0 Å². The first-order chi connectivity index (χ1) is 14.1. The number of benzene rings is 2. The molecule has 0 unspecified atom stereocenters. The van der Waals surface area contributed by atoms with Gasteiger partial charge in [-0.15, -0.1) is 0 Å². The van der Waals surface area contributed by atoms with Gasteiger partial charge in [0.15, 0.2) is 0 Å². The number of carbonyl (C=O) groups excluding carboxylic acids is 1. The van der Waals surface area contributed by atoms with Crippen LogP contribution in [0.3, 0.4) is 0 Å². The second kappa shape index (κ2) is 7.00. The van der Waals surface area contributed by atoms with Crippen LogP contribution in [0.2, 0.25) is 0 Å². The van der Waals surface area contributed by atoms with E-state index in [4.69, 9.17) is 0 Å². The summed E-state index contributed by atoms with van der Waals surface area (Å²) in [5.41, 5.74) is 2.68. The maximum atomic E-state index is 12.7. The van der Waals surface area contributed by atoms with Crippen LogP contribution in [-0.2, 0) is 17.9 Å². The first-order valence-electron chi connectivity index (χ1n) is 9.92. The van der Waals surface area contributed by atoms with Crippen molar-refractivity contribution in [3.05, 3.63) is 64.4 Å². The summed E-state index contributed by atoms with van der Waals surface area (Å²) >= 11 is 0. The van der Waals surface area contributed by atoms with Gasteiger partial charge in [0.2, 0.25) is 11.9 Å². The lowest BCUT2D eigenvalue weighted by Crippen LogP contribution is -2.44. The smallest absolute Gasteiger partial charge is 0.263 e. The van der Waals surface area contributed by atoms with E-state index >= 15 is 0 Å². The quantitative estimate of drug-likeness (QED) is 0.682. The van der Waals surface area contributed by atoms with Crippen molar-refractivity contribution in [1.82, 2.24) is 14.5 Å². The Hall–Kier alpha value is -3.19. The number of likely N-dealkylation sites (N-methyl/N-ethyl adjacent to an activating group) is 1. The lowest BCUT2D eigenvalue weighted by Gasteiger charge is -2.34. The summed E-state index contributed by atoms with van der Waals surface area (Å²) in [4.78, 5) is 36.3. The molecule has 2 aliphatic heterocycles. The molecule has 0 aliphatic carbocycles. The van der Waals surface area contributed by atoms with Gasteiger partial charge in [0.25, 0.3) is 5.56 Å². The second-order valence-corrected chi connectivity index (χ2v) is 7.76. The summed E-state index contributed by atoms with van der Waals surface area (Å²) in [7, 11) is 2.15. The Kier molecular flexibility index (Phi) is 4.32. The lowest BCUT2D eigenvalue weighted by atomic mass is 10.1. The van der Waals surface area contributed by atoms with E-state index < -0.39 is 0 Å². The Morgan fingerprint density at radius 3 is 2.41 bits per heavy atom. The number of nitrogens with zero attached hydrogens (tertiary/aromatic N) is 5. The van der Waals surface area contributed by atoms with Crippen molar-refractivity contribution in [3.63, 3.8) is 0 Å². The van der Waals surface area contributed by atoms with Crippen molar-refractivity contribution in [2.45, 2.75) is 13.1 Å². The number of hydrogen-bond donors (Lipinski definition) is 0. The number of fused-ring (bicyclic) bond motifs is 2. The SMILES string of the molecule is CN1CCN(c2ccc(CN3C(=O)Cn4c3nc3ccccc3c4=O)cc2)CC1. The zero-order valence-corrected chi connectivity index (χ0v) is 16.4. The van der Waals surface area contributed by atoms with E-state index in [1.54, 1.807) is 11.0 Å². The number of rotatable bonds is 3. The van der Waals surface area contributed by atoms with E-state index in [1.165, 1.54) is 10.3 Å². The second-order valence-electron chi connectivity index (χ2n) is 7.76. The summed E-state index contributed by atoms with van der Waals surface area (Å²) < 4.78 is 1.48. The maximum absolute atomic E-state index is 12.7. The van der Waals surface area contributed by atoms with Crippen LogP contribution in [0.1, 0.15) is 5.56 Å². The van der Waals surface area contributed by atoms with Crippen molar-refractivity contribution >= 4 is 28.4 Å². The van der Waals surface area contributed by atoms with Crippen LogP contribution in [0.5, 0.6) is 0 Å². The Morgan fingerprint density at radius 1 is 0.931 bits per heavy atom. The summed E-state index contributed by atoms with van der Waals surface area (Å²) in [5.74, 6) is 0.329. The predicted octanol–water partition coefficient (Wildman–Crippen LogP) is 1.70. The molecular weight excluding hydrogens is 366 g/mol. The Labute approximate surface area is 168 Å². The van der Waals surface area contributed by atoms with E-state index in [2.05, 4.69) is 46.1 Å². The van der Waals surface area contributed by atoms with Gasteiger partial charge >= 0.3 is 0 Å².